The Kier molecular flexibility index (Phi) is 4.88. The van der Waals surface area contributed by atoms with Crippen LogP contribution in [0.1, 0.15) is 17.3 Å². The zero-order valence-electron chi connectivity index (χ0n) is 15.7. The Morgan fingerprint density at radius 2 is 1.77 bits per heavy atom. The van der Waals surface area contributed by atoms with Gasteiger partial charge in [-0.3, -0.25) is 19.0 Å². The summed E-state index contributed by atoms with van der Waals surface area (Å²) in [5.74, 6) is -0.923. The number of halogens is 1. The van der Waals surface area contributed by atoms with E-state index in [0.717, 1.165) is 4.57 Å². The minimum atomic E-state index is -0.532. The van der Waals surface area contributed by atoms with Crippen LogP contribution in [-0.4, -0.2) is 36.2 Å². The Morgan fingerprint density at radius 1 is 1.07 bits per heavy atom. The molecule has 2 aromatic heterocycles. The smallest absolute Gasteiger partial charge is 0.284 e. The lowest BCUT2D eigenvalue weighted by Crippen LogP contribution is -2.28. The minimum absolute atomic E-state index is 0.0135. The number of rotatable bonds is 5. The molecule has 0 aliphatic heterocycles. The molecule has 0 atom stereocenters. The van der Waals surface area contributed by atoms with Crippen molar-refractivity contribution in [1.82, 2.24) is 24.5 Å². The van der Waals surface area contributed by atoms with Crippen LogP contribution in [0.3, 0.4) is 0 Å². The fourth-order valence-electron chi connectivity index (χ4n) is 2.86. The minimum Gasteiger partial charge on any atom is -0.325 e. The van der Waals surface area contributed by atoms with Gasteiger partial charge in [-0.25, -0.2) is 9.37 Å². The van der Waals surface area contributed by atoms with Gasteiger partial charge in [0.2, 0.25) is 5.91 Å². The van der Waals surface area contributed by atoms with Gasteiger partial charge in [-0.15, -0.1) is 5.10 Å². The highest BCUT2D eigenvalue weighted by molar-refractivity contribution is 5.95. The Hall–Kier alpha value is -4.21. The van der Waals surface area contributed by atoms with Gasteiger partial charge in [0.1, 0.15) is 18.7 Å². The molecule has 0 unspecified atom stereocenters. The quantitative estimate of drug-likeness (QED) is 0.507. The number of nitrogens with zero attached hydrogens (tertiary/aromatic N) is 5. The second-order valence-electron chi connectivity index (χ2n) is 6.51. The number of hydrogen-bond donors (Lipinski definition) is 1. The number of benzene rings is 2. The maximum absolute atomic E-state index is 13.1. The van der Waals surface area contributed by atoms with Crippen molar-refractivity contribution in [3.8, 4) is 5.69 Å². The van der Waals surface area contributed by atoms with Gasteiger partial charge in [-0.1, -0.05) is 5.21 Å². The molecule has 0 fully saturated rings. The third-order valence-corrected chi connectivity index (χ3v) is 4.39. The standard InChI is InChI=1S/C20H15FN6O3/c1-12(28)13-2-6-15(7-3-13)23-17(29)10-26-11-22-19-18(20(26)30)24-25-27(19)16-8-4-14(21)5-9-16/h2-9,11H,10H2,1H3,(H,23,29). The number of ketones is 1. The highest BCUT2D eigenvalue weighted by Crippen LogP contribution is 2.13. The lowest BCUT2D eigenvalue weighted by Gasteiger charge is -2.08. The van der Waals surface area contributed by atoms with Crippen molar-refractivity contribution in [2.75, 3.05) is 5.32 Å². The van der Waals surface area contributed by atoms with Crippen molar-refractivity contribution in [1.29, 1.82) is 0 Å². The first-order chi connectivity index (χ1) is 14.4. The summed E-state index contributed by atoms with van der Waals surface area (Å²) in [7, 11) is 0. The van der Waals surface area contributed by atoms with E-state index in [2.05, 4.69) is 20.6 Å². The maximum atomic E-state index is 13.1. The number of aromatic nitrogens is 5. The highest BCUT2D eigenvalue weighted by Gasteiger charge is 2.15. The maximum Gasteiger partial charge on any atom is 0.284 e. The van der Waals surface area contributed by atoms with E-state index in [1.165, 1.54) is 42.2 Å². The van der Waals surface area contributed by atoms with Crippen LogP contribution in [0.4, 0.5) is 10.1 Å². The number of nitrogens with one attached hydrogen (secondary N) is 1. The summed E-state index contributed by atoms with van der Waals surface area (Å²) in [6, 6.07) is 11.9. The molecule has 1 N–H and O–H groups in total. The summed E-state index contributed by atoms with van der Waals surface area (Å²) in [6.45, 7) is 1.18. The van der Waals surface area contributed by atoms with E-state index >= 15 is 0 Å². The Labute approximate surface area is 168 Å². The zero-order valence-corrected chi connectivity index (χ0v) is 15.7. The summed E-state index contributed by atoms with van der Waals surface area (Å²) in [4.78, 5) is 40.5. The molecule has 2 aromatic carbocycles. The number of Topliss-reactive ketones (excluding diaryl/α,β-unsaturated/α-hetero) is 1. The second-order valence-corrected chi connectivity index (χ2v) is 6.51. The zero-order chi connectivity index (χ0) is 21.3. The van der Waals surface area contributed by atoms with Crippen molar-refractivity contribution < 1.29 is 14.0 Å². The topological polar surface area (TPSA) is 112 Å². The fraction of sp³-hybridized carbons (Fsp3) is 0.100. The lowest BCUT2D eigenvalue weighted by atomic mass is 10.1. The van der Waals surface area contributed by atoms with E-state index in [1.54, 1.807) is 24.3 Å². The first-order valence-electron chi connectivity index (χ1n) is 8.90. The van der Waals surface area contributed by atoms with Gasteiger partial charge in [0, 0.05) is 11.3 Å². The first-order valence-corrected chi connectivity index (χ1v) is 8.90. The number of carbonyl (C=O) groups excluding carboxylic acids is 2. The van der Waals surface area contributed by atoms with Crippen LogP contribution in [0, 0.1) is 5.82 Å². The summed E-state index contributed by atoms with van der Waals surface area (Å²) >= 11 is 0. The molecule has 9 nitrogen and oxygen atoms in total. The molecular weight excluding hydrogens is 391 g/mol. The molecular formula is C20H15FN6O3. The third kappa shape index (κ3) is 3.70. The van der Waals surface area contributed by atoms with E-state index < -0.39 is 17.3 Å². The Balaban J connectivity index is 1.55. The molecule has 0 saturated heterocycles. The van der Waals surface area contributed by atoms with Crippen LogP contribution in [0.2, 0.25) is 0 Å². The first kappa shape index (κ1) is 19.1. The lowest BCUT2D eigenvalue weighted by molar-refractivity contribution is -0.116. The Bertz CT molecular complexity index is 1310. The molecule has 0 aliphatic rings. The molecule has 1 amide bonds. The van der Waals surface area contributed by atoms with Crippen molar-refractivity contribution in [2.24, 2.45) is 0 Å². The number of carbonyl (C=O) groups is 2. The summed E-state index contributed by atoms with van der Waals surface area (Å²) < 4.78 is 15.6. The summed E-state index contributed by atoms with van der Waals surface area (Å²) in [6.07, 6.45) is 1.23. The molecule has 4 aromatic rings. The van der Waals surface area contributed by atoms with Gasteiger partial charge in [0.25, 0.3) is 5.56 Å². The summed E-state index contributed by atoms with van der Waals surface area (Å²) in [5, 5.41) is 10.4. The molecule has 30 heavy (non-hydrogen) atoms. The molecule has 0 spiro atoms. The monoisotopic (exact) mass is 406 g/mol. The van der Waals surface area contributed by atoms with Gasteiger partial charge in [-0.2, -0.15) is 4.68 Å². The molecule has 0 saturated carbocycles. The summed E-state index contributed by atoms with van der Waals surface area (Å²) in [5.41, 5.74) is 1.17. The largest absolute Gasteiger partial charge is 0.325 e. The molecule has 150 valence electrons. The van der Waals surface area contributed by atoms with Crippen molar-refractivity contribution in [3.63, 3.8) is 0 Å². The number of hydrogen-bond acceptors (Lipinski definition) is 6. The van der Waals surface area contributed by atoms with Crippen molar-refractivity contribution in [3.05, 3.63) is 76.6 Å². The van der Waals surface area contributed by atoms with Crippen molar-refractivity contribution >= 4 is 28.5 Å². The van der Waals surface area contributed by atoms with Gasteiger partial charge in [0.15, 0.2) is 16.9 Å². The number of amides is 1. The van der Waals surface area contributed by atoms with Crippen LogP contribution in [0.15, 0.2) is 59.7 Å². The fourth-order valence-corrected chi connectivity index (χ4v) is 2.86. The van der Waals surface area contributed by atoms with Crippen LogP contribution < -0.4 is 10.9 Å². The third-order valence-electron chi connectivity index (χ3n) is 4.39. The highest BCUT2D eigenvalue weighted by atomic mass is 19.1. The molecule has 0 radical (unpaired) electrons. The molecule has 0 aliphatic carbocycles. The average molecular weight is 406 g/mol. The van der Waals surface area contributed by atoms with E-state index in [9.17, 15) is 18.8 Å². The number of anilines is 1. The van der Waals surface area contributed by atoms with Gasteiger partial charge < -0.3 is 5.32 Å². The van der Waals surface area contributed by atoms with E-state index in [4.69, 9.17) is 0 Å². The van der Waals surface area contributed by atoms with E-state index in [0.29, 0.717) is 16.9 Å². The SMILES string of the molecule is CC(=O)c1ccc(NC(=O)Cn2cnc3c(nnn3-c3ccc(F)cc3)c2=O)cc1. The average Bonchev–Trinajstić information content (AvgIpc) is 3.16. The number of fused-ring (bicyclic) bond motifs is 1. The van der Waals surface area contributed by atoms with Gasteiger partial charge in [0.05, 0.1) is 5.69 Å². The predicted octanol–water partition coefficient (Wildman–Crippen LogP) is 1.96. The van der Waals surface area contributed by atoms with Gasteiger partial charge in [-0.05, 0) is 55.5 Å². The van der Waals surface area contributed by atoms with Crippen LogP contribution >= 0.6 is 0 Å². The molecule has 10 heteroatoms. The van der Waals surface area contributed by atoms with Crippen LogP contribution in [0.5, 0.6) is 0 Å². The molecule has 2 heterocycles. The second kappa shape index (κ2) is 7.66. The molecule has 0 bridgehead atoms. The Morgan fingerprint density at radius 3 is 2.43 bits per heavy atom. The predicted molar refractivity (Wildman–Crippen MR) is 106 cm³/mol. The van der Waals surface area contributed by atoms with Crippen LogP contribution in [0.25, 0.3) is 16.9 Å². The van der Waals surface area contributed by atoms with Gasteiger partial charge >= 0.3 is 0 Å². The molecule has 4 rings (SSSR count). The van der Waals surface area contributed by atoms with Crippen LogP contribution in [-0.2, 0) is 11.3 Å². The van der Waals surface area contributed by atoms with E-state index in [-0.39, 0.29) is 23.5 Å². The van der Waals surface area contributed by atoms with Crippen molar-refractivity contribution in [2.45, 2.75) is 13.5 Å². The van der Waals surface area contributed by atoms with E-state index in [1.807, 2.05) is 0 Å². The normalized spacial score (nSPS) is 10.9.